The monoisotopic (exact) mass is 246 g/mol. The maximum absolute atomic E-state index is 13.7. The van der Waals surface area contributed by atoms with E-state index in [0.29, 0.717) is 27.4 Å². The normalized spacial score (nSPS) is 10.3. The van der Waals surface area contributed by atoms with Crippen molar-refractivity contribution in [1.29, 1.82) is 0 Å². The highest BCUT2D eigenvalue weighted by Crippen LogP contribution is 2.31. The van der Waals surface area contributed by atoms with Gasteiger partial charge >= 0.3 is 0 Å². The largest absolute Gasteiger partial charge is 0.497 e. The zero-order valence-electron chi connectivity index (χ0n) is 9.21. The number of rotatable bonds is 2. The second-order valence-corrected chi connectivity index (χ2v) is 3.99. The molecule has 2 rings (SSSR count). The first-order valence-corrected chi connectivity index (χ1v) is 5.39. The smallest absolute Gasteiger partial charge is 0.131 e. The summed E-state index contributed by atoms with van der Waals surface area (Å²) in [5.41, 5.74) is 1.43. The van der Waals surface area contributed by atoms with Crippen molar-refractivity contribution in [2.75, 3.05) is 7.11 Å². The molecule has 0 unspecified atom stereocenters. The summed E-state index contributed by atoms with van der Waals surface area (Å²) in [4.78, 5) is 0. The van der Waals surface area contributed by atoms with Crippen LogP contribution in [0.3, 0.4) is 0 Å². The third-order valence-electron chi connectivity index (χ3n) is 2.47. The van der Waals surface area contributed by atoms with Crippen LogP contribution < -0.4 is 10.2 Å². The Morgan fingerprint density at radius 2 is 1.94 bits per heavy atom. The van der Waals surface area contributed by atoms with Crippen LogP contribution >= 0.6 is 11.6 Å². The molecule has 0 aromatic heterocycles. The highest BCUT2D eigenvalue weighted by Gasteiger charge is 2.12. The lowest BCUT2D eigenvalue weighted by atomic mass is 9.90. The van der Waals surface area contributed by atoms with E-state index in [1.807, 2.05) is 0 Å². The Morgan fingerprint density at radius 3 is 2.65 bits per heavy atom. The first kappa shape index (κ1) is 12.0. The number of para-hydroxylation sites is 1. The van der Waals surface area contributed by atoms with Gasteiger partial charge in [-0.3, -0.25) is 0 Å². The zero-order chi connectivity index (χ0) is 12.4. The van der Waals surface area contributed by atoms with Gasteiger partial charge in [0.2, 0.25) is 0 Å². The van der Waals surface area contributed by atoms with Crippen LogP contribution in [0.5, 0.6) is 5.75 Å². The average molecular weight is 246 g/mol. The second kappa shape index (κ2) is 4.80. The van der Waals surface area contributed by atoms with Gasteiger partial charge in [0.25, 0.3) is 0 Å². The summed E-state index contributed by atoms with van der Waals surface area (Å²) in [6, 6.07) is 9.55. The number of halogens is 2. The predicted octanol–water partition coefficient (Wildman–Crippen LogP) is 2.95. The molecule has 2 radical (unpaired) electrons. The van der Waals surface area contributed by atoms with E-state index in [4.69, 9.17) is 24.2 Å². The molecule has 0 spiro atoms. The van der Waals surface area contributed by atoms with Crippen molar-refractivity contribution in [3.63, 3.8) is 0 Å². The fourth-order valence-corrected chi connectivity index (χ4v) is 1.87. The van der Waals surface area contributed by atoms with Crippen LogP contribution in [0.4, 0.5) is 4.39 Å². The van der Waals surface area contributed by atoms with Gasteiger partial charge in [0.05, 0.1) is 7.11 Å². The van der Waals surface area contributed by atoms with Crippen LogP contribution in [0.15, 0.2) is 36.4 Å². The molecule has 0 fully saturated rings. The molecule has 1 nitrogen and oxygen atoms in total. The van der Waals surface area contributed by atoms with E-state index >= 15 is 0 Å². The van der Waals surface area contributed by atoms with E-state index in [9.17, 15) is 4.39 Å². The lowest BCUT2D eigenvalue weighted by Crippen LogP contribution is -2.08. The van der Waals surface area contributed by atoms with Crippen molar-refractivity contribution in [2.45, 2.75) is 0 Å². The molecular weight excluding hydrogens is 237 g/mol. The lowest BCUT2D eigenvalue weighted by molar-refractivity contribution is 0.419. The fourth-order valence-electron chi connectivity index (χ4n) is 1.70. The van der Waals surface area contributed by atoms with Gasteiger partial charge in [-0.15, -0.1) is 0 Å². The third-order valence-corrected chi connectivity index (χ3v) is 2.70. The minimum atomic E-state index is -0.363. The Hall–Kier alpha value is -1.48. The summed E-state index contributed by atoms with van der Waals surface area (Å²) < 4.78 is 18.9. The molecule has 0 saturated heterocycles. The summed E-state index contributed by atoms with van der Waals surface area (Å²) in [5, 5.41) is 0.464. The highest BCUT2D eigenvalue weighted by molar-refractivity contribution is 6.35. The minimum absolute atomic E-state index is 0.363. The summed E-state index contributed by atoms with van der Waals surface area (Å²) >= 11 is 5.86. The van der Waals surface area contributed by atoms with E-state index < -0.39 is 0 Å². The third kappa shape index (κ3) is 2.29. The zero-order valence-corrected chi connectivity index (χ0v) is 9.96. The molecule has 0 amide bonds. The molecule has 0 saturated carbocycles. The van der Waals surface area contributed by atoms with Crippen molar-refractivity contribution in [1.82, 2.24) is 0 Å². The lowest BCUT2D eigenvalue weighted by Gasteiger charge is -2.12. The Morgan fingerprint density at radius 1 is 1.18 bits per heavy atom. The molecular formula is C13H9BClFO. The summed E-state index contributed by atoms with van der Waals surface area (Å²) in [6.07, 6.45) is 0. The van der Waals surface area contributed by atoms with Crippen molar-refractivity contribution >= 4 is 24.9 Å². The molecule has 2 aromatic carbocycles. The van der Waals surface area contributed by atoms with Crippen LogP contribution in [-0.2, 0) is 0 Å². The first-order valence-electron chi connectivity index (χ1n) is 5.01. The summed E-state index contributed by atoms with van der Waals surface area (Å²) in [7, 11) is 7.27. The van der Waals surface area contributed by atoms with Crippen molar-refractivity contribution in [3.8, 4) is 16.9 Å². The van der Waals surface area contributed by atoms with Gasteiger partial charge in [0.1, 0.15) is 19.4 Å². The SMILES string of the molecule is [B]c1cccc(-c2cc(Cl)ccc2F)c1OC. The quantitative estimate of drug-likeness (QED) is 0.740. The number of ether oxygens (including phenoxy) is 1. The van der Waals surface area contributed by atoms with Crippen LogP contribution in [0.1, 0.15) is 0 Å². The molecule has 0 aliphatic rings. The van der Waals surface area contributed by atoms with E-state index in [1.54, 1.807) is 24.3 Å². The second-order valence-electron chi connectivity index (χ2n) is 3.55. The Kier molecular flexibility index (Phi) is 3.39. The predicted molar refractivity (Wildman–Crippen MR) is 68.8 cm³/mol. The van der Waals surface area contributed by atoms with E-state index in [-0.39, 0.29) is 5.82 Å². The minimum Gasteiger partial charge on any atom is -0.497 e. The van der Waals surface area contributed by atoms with Crippen LogP contribution in [0.2, 0.25) is 5.02 Å². The van der Waals surface area contributed by atoms with Crippen molar-refractivity contribution in [3.05, 3.63) is 47.2 Å². The van der Waals surface area contributed by atoms with Crippen LogP contribution in [0.25, 0.3) is 11.1 Å². The van der Waals surface area contributed by atoms with E-state index in [0.717, 1.165) is 0 Å². The molecule has 17 heavy (non-hydrogen) atoms. The molecule has 0 aliphatic carbocycles. The number of methoxy groups -OCH3 is 1. The average Bonchev–Trinajstić information content (AvgIpc) is 2.32. The summed E-state index contributed by atoms with van der Waals surface area (Å²) in [5.74, 6) is 0.0898. The van der Waals surface area contributed by atoms with Gasteiger partial charge < -0.3 is 4.74 Å². The van der Waals surface area contributed by atoms with Crippen molar-refractivity contribution < 1.29 is 9.13 Å². The van der Waals surface area contributed by atoms with Gasteiger partial charge in [0, 0.05) is 16.1 Å². The molecule has 0 atom stereocenters. The van der Waals surface area contributed by atoms with E-state index in [1.165, 1.54) is 19.2 Å². The molecule has 0 bridgehead atoms. The van der Waals surface area contributed by atoms with Crippen molar-refractivity contribution in [2.24, 2.45) is 0 Å². The molecule has 0 heterocycles. The highest BCUT2D eigenvalue weighted by atomic mass is 35.5. The fraction of sp³-hybridized carbons (Fsp3) is 0.0769. The first-order chi connectivity index (χ1) is 8.13. The number of benzene rings is 2. The molecule has 0 N–H and O–H groups in total. The van der Waals surface area contributed by atoms with Gasteiger partial charge in [-0.1, -0.05) is 35.3 Å². The topological polar surface area (TPSA) is 9.23 Å². The molecule has 84 valence electrons. The Labute approximate surface area is 106 Å². The van der Waals surface area contributed by atoms with Crippen LogP contribution in [0, 0.1) is 5.82 Å². The number of hydrogen-bond donors (Lipinski definition) is 0. The summed E-state index contributed by atoms with van der Waals surface area (Å²) in [6.45, 7) is 0. The molecule has 0 aliphatic heterocycles. The Bertz CT molecular complexity index is 557. The molecule has 2 aromatic rings. The molecule has 4 heteroatoms. The van der Waals surface area contributed by atoms with Gasteiger partial charge in [-0.05, 0) is 18.2 Å². The van der Waals surface area contributed by atoms with Gasteiger partial charge in [-0.2, -0.15) is 0 Å². The van der Waals surface area contributed by atoms with Gasteiger partial charge in [-0.25, -0.2) is 4.39 Å². The van der Waals surface area contributed by atoms with E-state index in [2.05, 4.69) is 0 Å². The Balaban J connectivity index is 2.68. The maximum atomic E-state index is 13.7. The van der Waals surface area contributed by atoms with Gasteiger partial charge in [0.15, 0.2) is 0 Å². The van der Waals surface area contributed by atoms with Crippen LogP contribution in [-0.4, -0.2) is 15.0 Å². The standard InChI is InChI=1S/C13H9BClFO/c1-17-13-9(3-2-4-11(13)14)10-7-8(15)5-6-12(10)16/h2-7H,1H3. The maximum Gasteiger partial charge on any atom is 0.131 e. The number of hydrogen-bond acceptors (Lipinski definition) is 1.